The second-order valence-corrected chi connectivity index (χ2v) is 5.17. The number of aliphatic hydroxyl groups excluding tert-OH is 1. The number of aromatic nitrogens is 2. The van der Waals surface area contributed by atoms with Gasteiger partial charge in [0.1, 0.15) is 17.5 Å². The minimum absolute atomic E-state index is 0.269. The number of aryl methyl sites for hydroxylation is 1. The number of hydrogen-bond donors (Lipinski definition) is 3. The van der Waals surface area contributed by atoms with Crippen molar-refractivity contribution < 1.29 is 5.11 Å². The average molecular weight is 250 g/mol. The SMILES string of the molecule is CNc1nc(C)nc(NCC2(CCO)CC2)c1C. The minimum atomic E-state index is 0.269. The van der Waals surface area contributed by atoms with Crippen LogP contribution in [0.3, 0.4) is 0 Å². The van der Waals surface area contributed by atoms with Gasteiger partial charge in [0, 0.05) is 25.8 Å². The molecule has 0 unspecified atom stereocenters. The number of nitrogens with one attached hydrogen (secondary N) is 2. The highest BCUT2D eigenvalue weighted by Gasteiger charge is 2.41. The molecule has 1 aromatic rings. The monoisotopic (exact) mass is 250 g/mol. The van der Waals surface area contributed by atoms with Gasteiger partial charge in [-0.15, -0.1) is 0 Å². The Hall–Kier alpha value is -1.36. The van der Waals surface area contributed by atoms with Gasteiger partial charge in [-0.25, -0.2) is 9.97 Å². The Labute approximate surface area is 108 Å². The van der Waals surface area contributed by atoms with Crippen molar-refractivity contribution in [1.82, 2.24) is 9.97 Å². The summed E-state index contributed by atoms with van der Waals surface area (Å²) in [7, 11) is 1.87. The molecule has 1 fully saturated rings. The second kappa shape index (κ2) is 5.10. The zero-order chi connectivity index (χ0) is 13.2. The van der Waals surface area contributed by atoms with E-state index < -0.39 is 0 Å². The lowest BCUT2D eigenvalue weighted by Crippen LogP contribution is -2.18. The van der Waals surface area contributed by atoms with E-state index in [1.54, 1.807) is 0 Å². The summed E-state index contributed by atoms with van der Waals surface area (Å²) >= 11 is 0. The summed E-state index contributed by atoms with van der Waals surface area (Å²) in [5, 5.41) is 15.6. The zero-order valence-electron chi connectivity index (χ0n) is 11.4. The van der Waals surface area contributed by atoms with Gasteiger partial charge in [-0.1, -0.05) is 0 Å². The zero-order valence-corrected chi connectivity index (χ0v) is 11.4. The maximum atomic E-state index is 9.06. The number of anilines is 2. The Morgan fingerprint density at radius 2 is 1.89 bits per heavy atom. The molecule has 3 N–H and O–H groups in total. The summed E-state index contributed by atoms with van der Waals surface area (Å²) in [5.41, 5.74) is 1.34. The van der Waals surface area contributed by atoms with Crippen molar-refractivity contribution in [2.75, 3.05) is 30.8 Å². The molecular weight excluding hydrogens is 228 g/mol. The molecule has 0 aromatic carbocycles. The van der Waals surface area contributed by atoms with E-state index in [-0.39, 0.29) is 6.61 Å². The van der Waals surface area contributed by atoms with Crippen molar-refractivity contribution in [2.24, 2.45) is 5.41 Å². The molecule has 0 saturated heterocycles. The summed E-state index contributed by atoms with van der Waals surface area (Å²) < 4.78 is 0. The van der Waals surface area contributed by atoms with Gasteiger partial charge in [0.25, 0.3) is 0 Å². The van der Waals surface area contributed by atoms with Crippen LogP contribution in [-0.2, 0) is 0 Å². The molecule has 18 heavy (non-hydrogen) atoms. The first-order valence-electron chi connectivity index (χ1n) is 6.48. The normalized spacial score (nSPS) is 16.4. The van der Waals surface area contributed by atoms with Gasteiger partial charge in [0.15, 0.2) is 0 Å². The Morgan fingerprint density at radius 1 is 1.22 bits per heavy atom. The van der Waals surface area contributed by atoms with Crippen LogP contribution >= 0.6 is 0 Å². The predicted molar refractivity (Wildman–Crippen MR) is 72.9 cm³/mol. The first-order valence-corrected chi connectivity index (χ1v) is 6.48. The van der Waals surface area contributed by atoms with Crippen LogP contribution in [0.15, 0.2) is 0 Å². The average Bonchev–Trinajstić information content (AvgIpc) is 3.10. The summed E-state index contributed by atoms with van der Waals surface area (Å²) in [6, 6.07) is 0. The van der Waals surface area contributed by atoms with Crippen LogP contribution in [0.4, 0.5) is 11.6 Å². The van der Waals surface area contributed by atoms with Crippen molar-refractivity contribution in [3.8, 4) is 0 Å². The van der Waals surface area contributed by atoms with Crippen LogP contribution in [0.1, 0.15) is 30.7 Å². The Balaban J connectivity index is 2.07. The highest BCUT2D eigenvalue weighted by molar-refractivity contribution is 5.57. The van der Waals surface area contributed by atoms with Gasteiger partial charge in [-0.2, -0.15) is 0 Å². The van der Waals surface area contributed by atoms with E-state index in [0.717, 1.165) is 36.0 Å². The molecule has 0 radical (unpaired) electrons. The number of rotatable bonds is 6. The van der Waals surface area contributed by atoms with E-state index in [4.69, 9.17) is 5.11 Å². The lowest BCUT2D eigenvalue weighted by atomic mass is 10.0. The predicted octanol–water partition coefficient (Wildman–Crippen LogP) is 1.71. The first kappa shape index (κ1) is 13.1. The highest BCUT2D eigenvalue weighted by Crippen LogP contribution is 2.48. The molecule has 0 spiro atoms. The lowest BCUT2D eigenvalue weighted by molar-refractivity contribution is 0.253. The maximum absolute atomic E-state index is 9.06. The fourth-order valence-electron chi connectivity index (χ4n) is 2.24. The van der Waals surface area contributed by atoms with Crippen LogP contribution < -0.4 is 10.6 Å². The van der Waals surface area contributed by atoms with Crippen LogP contribution in [0.5, 0.6) is 0 Å². The van der Waals surface area contributed by atoms with E-state index in [0.29, 0.717) is 5.41 Å². The second-order valence-electron chi connectivity index (χ2n) is 5.17. The van der Waals surface area contributed by atoms with E-state index in [1.165, 1.54) is 12.8 Å². The highest BCUT2D eigenvalue weighted by atomic mass is 16.3. The first-order chi connectivity index (χ1) is 8.60. The molecule has 0 aliphatic heterocycles. The van der Waals surface area contributed by atoms with E-state index >= 15 is 0 Å². The summed E-state index contributed by atoms with van der Waals surface area (Å²) in [4.78, 5) is 8.79. The molecular formula is C13H22N4O. The molecule has 0 atom stereocenters. The molecule has 0 amide bonds. The molecule has 1 heterocycles. The minimum Gasteiger partial charge on any atom is -0.396 e. The molecule has 1 aliphatic carbocycles. The summed E-state index contributed by atoms with van der Waals surface area (Å²) in [6.45, 7) is 5.06. The Kier molecular flexibility index (Phi) is 3.71. The van der Waals surface area contributed by atoms with Crippen molar-refractivity contribution in [3.63, 3.8) is 0 Å². The van der Waals surface area contributed by atoms with Gasteiger partial charge < -0.3 is 15.7 Å². The van der Waals surface area contributed by atoms with Crippen molar-refractivity contribution in [1.29, 1.82) is 0 Å². The Morgan fingerprint density at radius 3 is 2.44 bits per heavy atom. The third-order valence-corrected chi connectivity index (χ3v) is 3.72. The molecule has 0 bridgehead atoms. The summed E-state index contributed by atoms with van der Waals surface area (Å²) in [5.74, 6) is 2.53. The van der Waals surface area contributed by atoms with E-state index in [1.807, 2.05) is 20.9 Å². The van der Waals surface area contributed by atoms with Crippen molar-refractivity contribution >= 4 is 11.6 Å². The van der Waals surface area contributed by atoms with E-state index in [9.17, 15) is 0 Å². The van der Waals surface area contributed by atoms with Crippen LogP contribution in [0.2, 0.25) is 0 Å². The lowest BCUT2D eigenvalue weighted by Gasteiger charge is -2.17. The van der Waals surface area contributed by atoms with Gasteiger partial charge in [-0.3, -0.25) is 0 Å². The molecule has 1 saturated carbocycles. The topological polar surface area (TPSA) is 70.1 Å². The van der Waals surface area contributed by atoms with Gasteiger partial charge in [0.05, 0.1) is 0 Å². The molecule has 100 valence electrons. The van der Waals surface area contributed by atoms with Crippen LogP contribution in [0, 0.1) is 19.3 Å². The fraction of sp³-hybridized carbons (Fsp3) is 0.692. The van der Waals surface area contributed by atoms with Gasteiger partial charge in [-0.05, 0) is 38.5 Å². The molecule has 1 aliphatic rings. The fourth-order valence-corrected chi connectivity index (χ4v) is 2.24. The van der Waals surface area contributed by atoms with Crippen LogP contribution in [-0.4, -0.2) is 35.3 Å². The van der Waals surface area contributed by atoms with Gasteiger partial charge >= 0.3 is 0 Å². The van der Waals surface area contributed by atoms with E-state index in [2.05, 4.69) is 20.6 Å². The quantitative estimate of drug-likeness (QED) is 0.717. The maximum Gasteiger partial charge on any atom is 0.134 e. The third-order valence-electron chi connectivity index (χ3n) is 3.72. The number of hydrogen-bond acceptors (Lipinski definition) is 5. The standard InChI is InChI=1S/C13H22N4O/c1-9-11(14-3)16-10(2)17-12(9)15-8-13(4-5-13)6-7-18/h18H,4-8H2,1-3H3,(H2,14,15,16,17). The van der Waals surface area contributed by atoms with Crippen molar-refractivity contribution in [3.05, 3.63) is 11.4 Å². The molecule has 5 nitrogen and oxygen atoms in total. The van der Waals surface area contributed by atoms with Crippen LogP contribution in [0.25, 0.3) is 0 Å². The number of nitrogens with zero attached hydrogens (tertiary/aromatic N) is 2. The molecule has 1 aromatic heterocycles. The third kappa shape index (κ3) is 2.72. The smallest absolute Gasteiger partial charge is 0.134 e. The summed E-state index contributed by atoms with van der Waals surface area (Å²) in [6.07, 6.45) is 3.27. The molecule has 5 heteroatoms. The molecule has 2 rings (SSSR count). The number of aliphatic hydroxyl groups is 1. The largest absolute Gasteiger partial charge is 0.396 e. The van der Waals surface area contributed by atoms with Gasteiger partial charge in [0.2, 0.25) is 0 Å². The van der Waals surface area contributed by atoms with Crippen molar-refractivity contribution in [2.45, 2.75) is 33.1 Å². The Bertz CT molecular complexity index is 429.